The molecule has 23 heavy (non-hydrogen) atoms. The highest BCUT2D eigenvalue weighted by Gasteiger charge is 2.05. The summed E-state index contributed by atoms with van der Waals surface area (Å²) in [7, 11) is -4.00. The topological polar surface area (TPSA) is 100 Å². The second-order valence-electron chi connectivity index (χ2n) is 4.89. The number of aromatic nitrogens is 3. The maximum atomic E-state index is 10.9. The highest BCUT2D eigenvalue weighted by molar-refractivity contribution is 7.84. The van der Waals surface area contributed by atoms with E-state index in [0.717, 1.165) is 16.7 Å². The van der Waals surface area contributed by atoms with E-state index < -0.39 is 10.3 Å². The maximum absolute atomic E-state index is 10.9. The van der Waals surface area contributed by atoms with Crippen LogP contribution < -0.4 is 9.32 Å². The van der Waals surface area contributed by atoms with Gasteiger partial charge in [-0.1, -0.05) is 36.4 Å². The van der Waals surface area contributed by atoms with Gasteiger partial charge >= 0.3 is 10.3 Å². The predicted molar refractivity (Wildman–Crippen MR) is 84.7 cm³/mol. The summed E-state index contributed by atoms with van der Waals surface area (Å²) < 4.78 is 28.1. The molecule has 0 unspecified atom stereocenters. The molecule has 0 aliphatic carbocycles. The Bertz CT molecular complexity index is 873. The van der Waals surface area contributed by atoms with E-state index >= 15 is 0 Å². The molecule has 1 heterocycles. The summed E-state index contributed by atoms with van der Waals surface area (Å²) in [5, 5.41) is 8.89. The van der Waals surface area contributed by atoms with Crippen molar-refractivity contribution in [2.75, 3.05) is 0 Å². The Morgan fingerprint density at radius 1 is 1.00 bits per heavy atom. The summed E-state index contributed by atoms with van der Waals surface area (Å²) in [6, 6.07) is 14.6. The molecular weight excluding hydrogens is 316 g/mol. The Kier molecular flexibility index (Phi) is 4.09. The molecule has 3 rings (SSSR count). The van der Waals surface area contributed by atoms with Crippen LogP contribution in [0.15, 0.2) is 61.2 Å². The SMILES string of the molecule is NS(=O)(=O)Oc1ccc(-c2ccc(Cn3cncn3)cc2)cc1. The number of rotatable bonds is 5. The molecule has 0 aliphatic heterocycles. The van der Waals surface area contributed by atoms with Crippen LogP contribution in [0.4, 0.5) is 0 Å². The molecule has 2 N–H and O–H groups in total. The van der Waals surface area contributed by atoms with Crippen molar-refractivity contribution in [2.45, 2.75) is 6.54 Å². The first kappa shape index (κ1) is 15.2. The van der Waals surface area contributed by atoms with E-state index in [2.05, 4.69) is 14.3 Å². The zero-order chi connectivity index (χ0) is 16.3. The zero-order valence-corrected chi connectivity index (χ0v) is 12.8. The summed E-state index contributed by atoms with van der Waals surface area (Å²) in [5.74, 6) is 0.180. The molecule has 0 saturated heterocycles. The van der Waals surface area contributed by atoms with Crippen LogP contribution in [0.2, 0.25) is 0 Å². The molecule has 0 aliphatic rings. The second-order valence-corrected chi connectivity index (χ2v) is 6.04. The molecule has 7 nitrogen and oxygen atoms in total. The molecule has 0 spiro atoms. The van der Waals surface area contributed by atoms with Crippen LogP contribution in [0, 0.1) is 0 Å². The molecule has 0 atom stereocenters. The quantitative estimate of drug-likeness (QED) is 0.765. The molecule has 0 fully saturated rings. The van der Waals surface area contributed by atoms with Crippen molar-refractivity contribution in [3.8, 4) is 16.9 Å². The van der Waals surface area contributed by atoms with Gasteiger partial charge in [-0.15, -0.1) is 0 Å². The Morgan fingerprint density at radius 3 is 2.13 bits per heavy atom. The van der Waals surface area contributed by atoms with Crippen molar-refractivity contribution in [3.05, 3.63) is 66.7 Å². The van der Waals surface area contributed by atoms with Crippen molar-refractivity contribution < 1.29 is 12.6 Å². The van der Waals surface area contributed by atoms with Gasteiger partial charge in [0.15, 0.2) is 0 Å². The van der Waals surface area contributed by atoms with Gasteiger partial charge in [-0.2, -0.15) is 18.7 Å². The van der Waals surface area contributed by atoms with Gasteiger partial charge in [0, 0.05) is 0 Å². The van der Waals surface area contributed by atoms with Gasteiger partial charge in [0.25, 0.3) is 0 Å². The molecule has 1 aromatic heterocycles. The summed E-state index contributed by atoms with van der Waals surface area (Å²) in [4.78, 5) is 3.91. The average Bonchev–Trinajstić information content (AvgIpc) is 3.00. The van der Waals surface area contributed by atoms with Crippen LogP contribution in [-0.4, -0.2) is 23.2 Å². The molecule has 0 radical (unpaired) electrons. The summed E-state index contributed by atoms with van der Waals surface area (Å²) >= 11 is 0. The van der Waals surface area contributed by atoms with Crippen LogP contribution in [0.5, 0.6) is 5.75 Å². The average molecular weight is 330 g/mol. The Labute approximate surface area is 133 Å². The van der Waals surface area contributed by atoms with Crippen molar-refractivity contribution in [3.63, 3.8) is 0 Å². The van der Waals surface area contributed by atoms with Crippen LogP contribution in [-0.2, 0) is 16.8 Å². The third-order valence-corrected chi connectivity index (χ3v) is 3.59. The normalized spacial score (nSPS) is 11.3. The molecule has 8 heteroatoms. The fraction of sp³-hybridized carbons (Fsp3) is 0.0667. The third-order valence-electron chi connectivity index (χ3n) is 3.17. The van der Waals surface area contributed by atoms with Crippen LogP contribution in [0.1, 0.15) is 5.56 Å². The lowest BCUT2D eigenvalue weighted by Crippen LogP contribution is -2.18. The largest absolute Gasteiger partial charge is 0.380 e. The maximum Gasteiger partial charge on any atom is 0.380 e. The molecule has 0 bridgehead atoms. The molecule has 0 amide bonds. The Hall–Kier alpha value is -2.71. The van der Waals surface area contributed by atoms with E-state index in [-0.39, 0.29) is 5.75 Å². The highest BCUT2D eigenvalue weighted by Crippen LogP contribution is 2.23. The molecular formula is C15H14N4O3S. The summed E-state index contributed by atoms with van der Waals surface area (Å²) in [5.41, 5.74) is 3.06. The minimum absolute atomic E-state index is 0.180. The number of nitrogens with two attached hydrogens (primary N) is 1. The minimum atomic E-state index is -4.00. The second kappa shape index (κ2) is 6.19. The smallest absolute Gasteiger partial charge is 0.371 e. The number of nitrogens with zero attached hydrogens (tertiary/aromatic N) is 3. The van der Waals surface area contributed by atoms with Gasteiger partial charge in [0.05, 0.1) is 6.54 Å². The monoisotopic (exact) mass is 330 g/mol. The van der Waals surface area contributed by atoms with Gasteiger partial charge < -0.3 is 4.18 Å². The molecule has 0 saturated carbocycles. The lowest BCUT2D eigenvalue weighted by atomic mass is 10.0. The molecule has 2 aromatic carbocycles. The predicted octanol–water partition coefficient (Wildman–Crippen LogP) is 1.58. The number of hydrogen-bond donors (Lipinski definition) is 1. The Morgan fingerprint density at radius 2 is 1.61 bits per heavy atom. The van der Waals surface area contributed by atoms with E-state index in [1.54, 1.807) is 35.3 Å². The van der Waals surface area contributed by atoms with Crippen molar-refractivity contribution in [1.82, 2.24) is 14.8 Å². The van der Waals surface area contributed by atoms with Crippen LogP contribution in [0.25, 0.3) is 11.1 Å². The summed E-state index contributed by atoms with van der Waals surface area (Å²) in [6.45, 7) is 0.654. The van der Waals surface area contributed by atoms with E-state index in [1.165, 1.54) is 6.33 Å². The third kappa shape index (κ3) is 4.15. The molecule has 3 aromatic rings. The standard InChI is InChI=1S/C15H14N4O3S/c16-23(20,21)22-15-7-5-14(6-8-15)13-3-1-12(2-4-13)9-19-11-17-10-18-19/h1-8,10-11H,9H2,(H2,16,20,21). The van der Waals surface area contributed by atoms with Crippen LogP contribution >= 0.6 is 0 Å². The summed E-state index contributed by atoms with van der Waals surface area (Å²) in [6.07, 6.45) is 3.16. The number of hydrogen-bond acceptors (Lipinski definition) is 5. The first-order valence-electron chi connectivity index (χ1n) is 6.74. The number of benzene rings is 2. The lowest BCUT2D eigenvalue weighted by Gasteiger charge is -2.06. The first-order valence-corrected chi connectivity index (χ1v) is 8.21. The van der Waals surface area contributed by atoms with Gasteiger partial charge in [-0.25, -0.2) is 9.67 Å². The lowest BCUT2D eigenvalue weighted by molar-refractivity contribution is 0.488. The van der Waals surface area contributed by atoms with Gasteiger partial charge in [-0.3, -0.25) is 0 Å². The van der Waals surface area contributed by atoms with Crippen LogP contribution in [0.3, 0.4) is 0 Å². The van der Waals surface area contributed by atoms with E-state index in [0.29, 0.717) is 6.54 Å². The van der Waals surface area contributed by atoms with E-state index in [1.807, 2.05) is 24.3 Å². The van der Waals surface area contributed by atoms with Gasteiger partial charge in [0.2, 0.25) is 0 Å². The van der Waals surface area contributed by atoms with E-state index in [9.17, 15) is 8.42 Å². The van der Waals surface area contributed by atoms with Crippen molar-refractivity contribution in [1.29, 1.82) is 0 Å². The highest BCUT2D eigenvalue weighted by atomic mass is 32.2. The first-order chi connectivity index (χ1) is 11.0. The van der Waals surface area contributed by atoms with Crippen molar-refractivity contribution in [2.24, 2.45) is 5.14 Å². The van der Waals surface area contributed by atoms with Gasteiger partial charge in [0.1, 0.15) is 18.4 Å². The Balaban J connectivity index is 1.74. The molecule has 118 valence electrons. The van der Waals surface area contributed by atoms with E-state index in [4.69, 9.17) is 5.14 Å². The van der Waals surface area contributed by atoms with Crippen molar-refractivity contribution >= 4 is 10.3 Å². The fourth-order valence-electron chi connectivity index (χ4n) is 2.14. The zero-order valence-electron chi connectivity index (χ0n) is 12.0. The van der Waals surface area contributed by atoms with Gasteiger partial charge in [-0.05, 0) is 28.8 Å². The minimum Gasteiger partial charge on any atom is -0.371 e. The fourth-order valence-corrected chi connectivity index (χ4v) is 2.52.